The maximum Gasteiger partial charge on any atom is 0.199 e. The normalized spacial score (nSPS) is 10.6. The molecule has 2 aromatic rings. The molecule has 1 heterocycles. The highest BCUT2D eigenvalue weighted by Crippen LogP contribution is 2.28. The third-order valence-corrected chi connectivity index (χ3v) is 2.59. The van der Waals surface area contributed by atoms with E-state index in [1.165, 1.54) is 4.57 Å². The molecule has 1 N–H and O–H groups in total. The number of hydrogen-bond acceptors (Lipinski definition) is 2. The number of fused-ring (bicyclic) bond motifs is 1. The van der Waals surface area contributed by atoms with Crippen LogP contribution < -0.4 is 0 Å². The number of nitrogens with zero attached hydrogens (tertiary/aromatic N) is 1. The monoisotopic (exact) mass is 253 g/mol. The summed E-state index contributed by atoms with van der Waals surface area (Å²) in [5.41, 5.74) is 0. The lowest BCUT2D eigenvalue weighted by Gasteiger charge is -1.96. The van der Waals surface area contributed by atoms with Gasteiger partial charge in [0.05, 0.1) is 6.54 Å². The Morgan fingerprint density at radius 2 is 2.29 bits per heavy atom. The number of carbonyl (C=O) groups is 1. The number of aldehydes is 1. The number of hydrogen-bond donors (Lipinski definition) is 1. The van der Waals surface area contributed by atoms with Gasteiger partial charge in [-0.3, -0.25) is 0 Å². The number of aromatic hydroxyl groups is 1. The summed E-state index contributed by atoms with van der Waals surface area (Å²) >= 11 is 3.34. The van der Waals surface area contributed by atoms with Gasteiger partial charge in [-0.05, 0) is 18.2 Å². The summed E-state index contributed by atoms with van der Waals surface area (Å²) < 4.78 is 2.47. The topological polar surface area (TPSA) is 42.2 Å². The van der Waals surface area contributed by atoms with Gasteiger partial charge in [0.1, 0.15) is 6.29 Å². The summed E-state index contributed by atoms with van der Waals surface area (Å²) in [5, 5.41) is 11.4. The summed E-state index contributed by atoms with van der Waals surface area (Å²) in [6, 6.07) is 5.57. The highest BCUT2D eigenvalue weighted by Gasteiger charge is 2.07. The summed E-state index contributed by atoms with van der Waals surface area (Å²) in [7, 11) is 0. The molecule has 0 spiro atoms. The predicted molar refractivity (Wildman–Crippen MR) is 57.4 cm³/mol. The van der Waals surface area contributed by atoms with Crippen molar-refractivity contribution in [1.82, 2.24) is 4.57 Å². The number of rotatable bonds is 2. The van der Waals surface area contributed by atoms with Crippen LogP contribution in [0.2, 0.25) is 0 Å². The summed E-state index contributed by atoms with van der Waals surface area (Å²) in [6.45, 7) is 0.179. The first kappa shape index (κ1) is 9.27. The number of aromatic nitrogens is 1. The fourth-order valence-electron chi connectivity index (χ4n) is 1.45. The largest absolute Gasteiger partial charge is 0.494 e. The first-order valence-electron chi connectivity index (χ1n) is 4.13. The molecule has 0 amide bonds. The van der Waals surface area contributed by atoms with Crippen LogP contribution >= 0.6 is 15.9 Å². The van der Waals surface area contributed by atoms with Gasteiger partial charge in [-0.15, -0.1) is 0 Å². The number of carbonyl (C=O) groups excluding carboxylic acids is 1. The van der Waals surface area contributed by atoms with Crippen molar-refractivity contribution in [2.45, 2.75) is 6.54 Å². The Morgan fingerprint density at radius 3 is 3.00 bits per heavy atom. The van der Waals surface area contributed by atoms with E-state index in [0.29, 0.717) is 0 Å². The fourth-order valence-corrected chi connectivity index (χ4v) is 1.83. The van der Waals surface area contributed by atoms with Crippen molar-refractivity contribution >= 4 is 33.0 Å². The third kappa shape index (κ3) is 1.42. The second-order valence-electron chi connectivity index (χ2n) is 3.00. The molecule has 2 rings (SSSR count). The molecule has 0 aliphatic carbocycles. The molecule has 72 valence electrons. The fraction of sp³-hybridized carbons (Fsp3) is 0.100. The van der Waals surface area contributed by atoms with E-state index >= 15 is 0 Å². The van der Waals surface area contributed by atoms with Crippen molar-refractivity contribution in [1.29, 1.82) is 0 Å². The van der Waals surface area contributed by atoms with E-state index in [1.807, 2.05) is 18.2 Å². The van der Waals surface area contributed by atoms with E-state index in [-0.39, 0.29) is 12.4 Å². The molecule has 3 nitrogen and oxygen atoms in total. The van der Waals surface area contributed by atoms with Crippen LogP contribution in [0, 0.1) is 0 Å². The predicted octanol–water partition coefficient (Wildman–Crippen LogP) is 2.31. The molecule has 0 unspecified atom stereocenters. The zero-order chi connectivity index (χ0) is 10.1. The number of halogens is 1. The molecule has 1 aromatic heterocycles. The third-order valence-electron chi connectivity index (χ3n) is 2.09. The molecule has 4 heteroatoms. The van der Waals surface area contributed by atoms with Crippen LogP contribution in [0.25, 0.3) is 10.8 Å². The Kier molecular flexibility index (Phi) is 2.29. The molecular weight excluding hydrogens is 246 g/mol. The van der Waals surface area contributed by atoms with Gasteiger partial charge in [-0.25, -0.2) is 0 Å². The minimum Gasteiger partial charge on any atom is -0.494 e. The van der Waals surface area contributed by atoms with E-state index in [2.05, 4.69) is 15.9 Å². The standard InChI is InChI=1S/C10H8BrNO2/c11-8-1-2-9-7(5-8)6-12(3-4-13)10(9)14/h1-2,4-6,14H,3H2. The lowest BCUT2D eigenvalue weighted by atomic mass is 10.2. The van der Waals surface area contributed by atoms with Crippen LogP contribution in [0.3, 0.4) is 0 Å². The molecule has 0 fully saturated rings. The number of benzene rings is 1. The highest BCUT2D eigenvalue weighted by atomic mass is 79.9. The Morgan fingerprint density at radius 1 is 1.50 bits per heavy atom. The van der Waals surface area contributed by atoms with Gasteiger partial charge >= 0.3 is 0 Å². The van der Waals surface area contributed by atoms with E-state index in [9.17, 15) is 9.90 Å². The van der Waals surface area contributed by atoms with Crippen molar-refractivity contribution in [2.24, 2.45) is 0 Å². The van der Waals surface area contributed by atoms with Gasteiger partial charge in [0, 0.05) is 21.4 Å². The van der Waals surface area contributed by atoms with Crippen LogP contribution in [-0.2, 0) is 11.3 Å². The second kappa shape index (κ2) is 3.46. The Hall–Kier alpha value is -1.29. The van der Waals surface area contributed by atoms with Gasteiger partial charge in [-0.2, -0.15) is 0 Å². The summed E-state index contributed by atoms with van der Waals surface area (Å²) in [6.07, 6.45) is 2.51. The van der Waals surface area contributed by atoms with E-state index in [0.717, 1.165) is 21.5 Å². The maximum atomic E-state index is 10.3. The van der Waals surface area contributed by atoms with Crippen LogP contribution in [-0.4, -0.2) is 16.0 Å². The highest BCUT2D eigenvalue weighted by molar-refractivity contribution is 9.10. The first-order chi connectivity index (χ1) is 6.72. The molecule has 0 aliphatic heterocycles. The van der Waals surface area contributed by atoms with Crippen LogP contribution in [0.1, 0.15) is 0 Å². The van der Waals surface area contributed by atoms with Gasteiger partial charge in [0.25, 0.3) is 0 Å². The van der Waals surface area contributed by atoms with Gasteiger partial charge in [0.15, 0.2) is 5.88 Å². The maximum absolute atomic E-state index is 10.3. The average molecular weight is 254 g/mol. The molecular formula is C10H8BrNO2. The molecule has 0 atom stereocenters. The van der Waals surface area contributed by atoms with Crippen LogP contribution in [0.4, 0.5) is 0 Å². The zero-order valence-corrected chi connectivity index (χ0v) is 8.86. The lowest BCUT2D eigenvalue weighted by Crippen LogP contribution is -1.94. The molecule has 1 aromatic carbocycles. The van der Waals surface area contributed by atoms with E-state index < -0.39 is 0 Å². The van der Waals surface area contributed by atoms with Gasteiger partial charge < -0.3 is 14.5 Å². The Balaban J connectivity index is 2.66. The van der Waals surface area contributed by atoms with E-state index in [4.69, 9.17) is 0 Å². The quantitative estimate of drug-likeness (QED) is 0.835. The molecule has 14 heavy (non-hydrogen) atoms. The van der Waals surface area contributed by atoms with Crippen molar-refractivity contribution in [3.63, 3.8) is 0 Å². The molecule has 0 aliphatic rings. The van der Waals surface area contributed by atoms with Gasteiger partial charge in [-0.1, -0.05) is 15.9 Å². The lowest BCUT2D eigenvalue weighted by molar-refractivity contribution is -0.108. The van der Waals surface area contributed by atoms with E-state index in [1.54, 1.807) is 6.20 Å². The molecule has 0 radical (unpaired) electrons. The second-order valence-corrected chi connectivity index (χ2v) is 3.92. The van der Waals surface area contributed by atoms with Crippen molar-refractivity contribution in [3.8, 4) is 5.88 Å². The Bertz CT molecular complexity index is 490. The van der Waals surface area contributed by atoms with Gasteiger partial charge in [0.2, 0.25) is 0 Å². The summed E-state index contributed by atoms with van der Waals surface area (Å²) in [4.78, 5) is 10.3. The molecule has 0 bridgehead atoms. The summed E-state index contributed by atoms with van der Waals surface area (Å²) in [5.74, 6) is 0.139. The van der Waals surface area contributed by atoms with Crippen molar-refractivity contribution in [2.75, 3.05) is 0 Å². The zero-order valence-electron chi connectivity index (χ0n) is 7.27. The minimum absolute atomic E-state index is 0.139. The smallest absolute Gasteiger partial charge is 0.199 e. The SMILES string of the molecule is O=CCn1cc2cc(Br)ccc2c1O. The minimum atomic E-state index is 0.139. The Labute approximate surface area is 89.1 Å². The average Bonchev–Trinajstić information content (AvgIpc) is 2.44. The van der Waals surface area contributed by atoms with Crippen LogP contribution in [0.5, 0.6) is 5.88 Å². The van der Waals surface area contributed by atoms with Crippen LogP contribution in [0.15, 0.2) is 28.9 Å². The molecule has 0 saturated carbocycles. The van der Waals surface area contributed by atoms with Crippen molar-refractivity contribution in [3.05, 3.63) is 28.9 Å². The van der Waals surface area contributed by atoms with Crippen molar-refractivity contribution < 1.29 is 9.90 Å². The molecule has 0 saturated heterocycles. The first-order valence-corrected chi connectivity index (χ1v) is 4.92.